The van der Waals surface area contributed by atoms with Crippen molar-refractivity contribution in [2.24, 2.45) is 0 Å². The number of amides is 1. The van der Waals surface area contributed by atoms with Crippen molar-refractivity contribution in [3.8, 4) is 0 Å². The van der Waals surface area contributed by atoms with E-state index in [1.165, 1.54) is 10.4 Å². The molecule has 3 rings (SSSR count). The molecule has 0 atom stereocenters. The number of hydrogen-bond acceptors (Lipinski definition) is 4. The van der Waals surface area contributed by atoms with Gasteiger partial charge in [0.05, 0.1) is 11.2 Å². The molecule has 0 bridgehead atoms. The van der Waals surface area contributed by atoms with Crippen molar-refractivity contribution in [1.82, 2.24) is 13.9 Å². The van der Waals surface area contributed by atoms with Gasteiger partial charge in [-0.1, -0.05) is 12.5 Å². The van der Waals surface area contributed by atoms with E-state index in [1.807, 2.05) is 10.8 Å². The zero-order valence-corrected chi connectivity index (χ0v) is 15.5. The van der Waals surface area contributed by atoms with Gasteiger partial charge in [0.25, 0.3) is 0 Å². The summed E-state index contributed by atoms with van der Waals surface area (Å²) in [6, 6.07) is 6.50. The second-order valence-corrected chi connectivity index (χ2v) is 8.38. The molecular weight excluding hydrogens is 352 g/mol. The molecular formula is C18H24N4O3S. The van der Waals surface area contributed by atoms with Gasteiger partial charge in [0.2, 0.25) is 15.9 Å². The topological polar surface area (TPSA) is 84.3 Å². The molecule has 1 saturated heterocycles. The van der Waals surface area contributed by atoms with Gasteiger partial charge >= 0.3 is 0 Å². The van der Waals surface area contributed by atoms with Gasteiger partial charge in [-0.25, -0.2) is 13.4 Å². The van der Waals surface area contributed by atoms with Crippen LogP contribution in [0.1, 0.15) is 32.1 Å². The molecule has 1 aliphatic rings. The van der Waals surface area contributed by atoms with Gasteiger partial charge < -0.3 is 9.88 Å². The maximum absolute atomic E-state index is 12.7. The van der Waals surface area contributed by atoms with Crippen molar-refractivity contribution in [3.05, 3.63) is 43.0 Å². The van der Waals surface area contributed by atoms with E-state index in [1.54, 1.807) is 30.7 Å². The molecule has 0 aliphatic carbocycles. The standard InChI is InChI=1S/C18H24N4O3S/c23-18(8-5-10-21-13-9-19-15-21)20-16-6-4-7-17(14-16)26(24,25)22-11-2-1-3-12-22/h4,6-7,9,13-15H,1-3,5,8,10-12H2,(H,20,23). The van der Waals surface area contributed by atoms with Crippen molar-refractivity contribution < 1.29 is 13.2 Å². The Bertz CT molecular complexity index is 828. The van der Waals surface area contributed by atoms with Crippen LogP contribution in [0.2, 0.25) is 0 Å². The maximum atomic E-state index is 12.7. The lowest BCUT2D eigenvalue weighted by molar-refractivity contribution is -0.116. The zero-order valence-electron chi connectivity index (χ0n) is 14.7. The number of piperidine rings is 1. The van der Waals surface area contributed by atoms with Crippen LogP contribution in [0.25, 0.3) is 0 Å². The average Bonchev–Trinajstić information content (AvgIpc) is 3.16. The van der Waals surface area contributed by atoms with Crippen LogP contribution in [0, 0.1) is 0 Å². The van der Waals surface area contributed by atoms with Crippen LogP contribution in [-0.2, 0) is 21.4 Å². The number of aryl methyl sites for hydroxylation is 1. The number of benzene rings is 1. The number of nitrogens with zero attached hydrogens (tertiary/aromatic N) is 3. The van der Waals surface area contributed by atoms with E-state index in [-0.39, 0.29) is 10.8 Å². The number of hydrogen-bond donors (Lipinski definition) is 1. The van der Waals surface area contributed by atoms with Crippen molar-refractivity contribution in [2.45, 2.75) is 43.5 Å². The zero-order chi connectivity index (χ0) is 18.4. The van der Waals surface area contributed by atoms with E-state index < -0.39 is 10.0 Å². The Morgan fingerprint density at radius 1 is 1.19 bits per heavy atom. The van der Waals surface area contributed by atoms with Crippen LogP contribution in [0.3, 0.4) is 0 Å². The summed E-state index contributed by atoms with van der Waals surface area (Å²) in [5.74, 6) is -0.127. The van der Waals surface area contributed by atoms with Gasteiger partial charge in [0.15, 0.2) is 0 Å². The molecule has 0 unspecified atom stereocenters. The summed E-state index contributed by atoms with van der Waals surface area (Å²) in [6.07, 6.45) is 9.18. The van der Waals surface area contributed by atoms with E-state index in [4.69, 9.17) is 0 Å². The van der Waals surface area contributed by atoms with E-state index in [0.717, 1.165) is 25.8 Å². The van der Waals surface area contributed by atoms with Crippen LogP contribution in [-0.4, -0.2) is 41.3 Å². The highest BCUT2D eigenvalue weighted by molar-refractivity contribution is 7.89. The first-order chi connectivity index (χ1) is 12.6. The third-order valence-electron chi connectivity index (χ3n) is 4.45. The van der Waals surface area contributed by atoms with Gasteiger partial charge in [0, 0.05) is 44.1 Å². The first-order valence-corrected chi connectivity index (χ1v) is 10.4. The molecule has 2 heterocycles. The van der Waals surface area contributed by atoms with E-state index in [0.29, 0.717) is 31.6 Å². The first kappa shape index (κ1) is 18.6. The molecule has 1 aromatic heterocycles. The van der Waals surface area contributed by atoms with Crippen molar-refractivity contribution in [2.75, 3.05) is 18.4 Å². The van der Waals surface area contributed by atoms with Crippen molar-refractivity contribution in [1.29, 1.82) is 0 Å². The smallest absolute Gasteiger partial charge is 0.243 e. The minimum Gasteiger partial charge on any atom is -0.337 e. The third-order valence-corrected chi connectivity index (χ3v) is 6.34. The normalized spacial score (nSPS) is 15.7. The van der Waals surface area contributed by atoms with Gasteiger partial charge in [0.1, 0.15) is 0 Å². The molecule has 1 amide bonds. The summed E-state index contributed by atoms with van der Waals surface area (Å²) in [5.41, 5.74) is 0.510. The number of rotatable bonds is 7. The molecule has 1 fully saturated rings. The fourth-order valence-electron chi connectivity index (χ4n) is 3.05. The van der Waals surface area contributed by atoms with Gasteiger partial charge in [-0.15, -0.1) is 0 Å². The highest BCUT2D eigenvalue weighted by Crippen LogP contribution is 2.23. The van der Waals surface area contributed by atoms with Crippen LogP contribution in [0.15, 0.2) is 47.9 Å². The van der Waals surface area contributed by atoms with Crippen molar-refractivity contribution >= 4 is 21.6 Å². The lowest BCUT2D eigenvalue weighted by atomic mass is 10.2. The number of sulfonamides is 1. The lowest BCUT2D eigenvalue weighted by Crippen LogP contribution is -2.35. The number of aromatic nitrogens is 2. The Hall–Kier alpha value is -2.19. The number of anilines is 1. The Kier molecular flexibility index (Phi) is 6.05. The van der Waals surface area contributed by atoms with E-state index in [2.05, 4.69) is 10.3 Å². The van der Waals surface area contributed by atoms with Crippen LogP contribution >= 0.6 is 0 Å². The molecule has 1 aliphatic heterocycles. The molecule has 2 aromatic rings. The second-order valence-electron chi connectivity index (χ2n) is 6.44. The maximum Gasteiger partial charge on any atom is 0.243 e. The monoisotopic (exact) mass is 376 g/mol. The molecule has 7 nitrogen and oxygen atoms in total. The second kappa shape index (κ2) is 8.46. The third kappa shape index (κ3) is 4.70. The number of nitrogens with one attached hydrogen (secondary N) is 1. The van der Waals surface area contributed by atoms with Gasteiger partial charge in [-0.05, 0) is 37.5 Å². The van der Waals surface area contributed by atoms with E-state index >= 15 is 0 Å². The number of carbonyl (C=O) groups is 1. The summed E-state index contributed by atoms with van der Waals surface area (Å²) in [7, 11) is -3.50. The summed E-state index contributed by atoms with van der Waals surface area (Å²) in [4.78, 5) is 16.3. The summed E-state index contributed by atoms with van der Waals surface area (Å²) >= 11 is 0. The SMILES string of the molecule is O=C(CCCn1ccnc1)Nc1cccc(S(=O)(=O)N2CCCCC2)c1. The molecule has 0 radical (unpaired) electrons. The van der Waals surface area contributed by atoms with Crippen LogP contribution < -0.4 is 5.32 Å². The summed E-state index contributed by atoms with van der Waals surface area (Å²) < 4.78 is 28.9. The van der Waals surface area contributed by atoms with Crippen LogP contribution in [0.5, 0.6) is 0 Å². The molecule has 140 valence electrons. The summed E-state index contributed by atoms with van der Waals surface area (Å²) in [6.45, 7) is 1.84. The quantitative estimate of drug-likeness (QED) is 0.804. The predicted molar refractivity (Wildman–Crippen MR) is 99.1 cm³/mol. The fraction of sp³-hybridized carbons (Fsp3) is 0.444. The Morgan fingerprint density at radius 3 is 2.73 bits per heavy atom. The first-order valence-electron chi connectivity index (χ1n) is 8.91. The number of imidazole rings is 1. The Morgan fingerprint density at radius 2 is 2.00 bits per heavy atom. The molecule has 1 N–H and O–H groups in total. The summed E-state index contributed by atoms with van der Waals surface area (Å²) in [5, 5.41) is 2.79. The molecule has 0 spiro atoms. The molecule has 1 aromatic carbocycles. The minimum atomic E-state index is -3.50. The lowest BCUT2D eigenvalue weighted by Gasteiger charge is -2.26. The fourth-order valence-corrected chi connectivity index (χ4v) is 4.62. The van der Waals surface area contributed by atoms with Gasteiger partial charge in [-0.3, -0.25) is 4.79 Å². The molecule has 26 heavy (non-hydrogen) atoms. The van der Waals surface area contributed by atoms with E-state index in [9.17, 15) is 13.2 Å². The average molecular weight is 376 g/mol. The van der Waals surface area contributed by atoms with Crippen LogP contribution in [0.4, 0.5) is 5.69 Å². The van der Waals surface area contributed by atoms with Gasteiger partial charge in [-0.2, -0.15) is 4.31 Å². The largest absolute Gasteiger partial charge is 0.337 e. The molecule has 0 saturated carbocycles. The predicted octanol–water partition coefficient (Wildman–Crippen LogP) is 2.48. The Labute approximate surface area is 154 Å². The molecule has 8 heteroatoms. The highest BCUT2D eigenvalue weighted by atomic mass is 32.2. The number of carbonyl (C=O) groups excluding carboxylic acids is 1. The highest BCUT2D eigenvalue weighted by Gasteiger charge is 2.26. The Balaban J connectivity index is 1.58. The van der Waals surface area contributed by atoms with Crippen molar-refractivity contribution in [3.63, 3.8) is 0 Å². The minimum absolute atomic E-state index is 0.127.